The molecule has 0 spiro atoms. The van der Waals surface area contributed by atoms with Crippen LogP contribution in [0.1, 0.15) is 15.2 Å². The first-order valence-corrected chi connectivity index (χ1v) is 7.92. The van der Waals surface area contributed by atoms with Gasteiger partial charge in [-0.2, -0.15) is 0 Å². The number of para-hydroxylation sites is 1. The fourth-order valence-electron chi connectivity index (χ4n) is 2.14. The Bertz CT molecular complexity index is 825. The number of esters is 1. The second-order valence-electron chi connectivity index (χ2n) is 4.81. The predicted molar refractivity (Wildman–Crippen MR) is 88.2 cm³/mol. The van der Waals surface area contributed by atoms with Gasteiger partial charge >= 0.3 is 5.97 Å². The average molecular weight is 326 g/mol. The second-order valence-corrected chi connectivity index (χ2v) is 5.76. The number of benzene rings is 1. The molecular formula is C17H14N2O3S. The molecule has 2 aromatic heterocycles. The topological polar surface area (TPSA) is 68.3 Å². The van der Waals surface area contributed by atoms with Gasteiger partial charge in [-0.25, -0.2) is 0 Å². The van der Waals surface area contributed by atoms with E-state index in [1.165, 1.54) is 11.3 Å². The first-order valence-electron chi connectivity index (χ1n) is 7.04. The number of pyridine rings is 1. The molecule has 2 heterocycles. The Morgan fingerprint density at radius 3 is 2.83 bits per heavy atom. The normalized spacial score (nSPS) is 10.4. The van der Waals surface area contributed by atoms with Crippen molar-refractivity contribution in [2.75, 3.05) is 6.54 Å². The summed E-state index contributed by atoms with van der Waals surface area (Å²) >= 11 is 1.32. The Hall–Kier alpha value is -2.73. The number of thiophene rings is 1. The molecule has 3 aromatic rings. The molecule has 3 rings (SSSR count). The molecule has 116 valence electrons. The molecule has 6 heteroatoms. The van der Waals surface area contributed by atoms with Gasteiger partial charge in [0.15, 0.2) is 0 Å². The summed E-state index contributed by atoms with van der Waals surface area (Å²) in [7, 11) is 0. The minimum Gasteiger partial charge on any atom is -0.459 e. The SMILES string of the molecule is O=C(CNC(=O)c1cccs1)OCc1cccc2cccnc12. The number of carbonyl (C=O) groups is 2. The molecule has 0 unspecified atom stereocenters. The van der Waals surface area contributed by atoms with Gasteiger partial charge in [0.2, 0.25) is 0 Å². The van der Waals surface area contributed by atoms with Crippen molar-refractivity contribution in [3.05, 3.63) is 64.5 Å². The molecule has 0 bridgehead atoms. The van der Waals surface area contributed by atoms with E-state index in [4.69, 9.17) is 4.74 Å². The molecule has 1 aromatic carbocycles. The summed E-state index contributed by atoms with van der Waals surface area (Å²) in [6, 6.07) is 13.0. The smallest absolute Gasteiger partial charge is 0.325 e. The number of hydrogen-bond acceptors (Lipinski definition) is 5. The summed E-state index contributed by atoms with van der Waals surface area (Å²) < 4.78 is 5.21. The molecule has 1 N–H and O–H groups in total. The van der Waals surface area contributed by atoms with Gasteiger partial charge < -0.3 is 10.1 Å². The molecule has 1 amide bonds. The number of rotatable bonds is 5. The minimum atomic E-state index is -0.483. The van der Waals surface area contributed by atoms with E-state index in [1.807, 2.05) is 30.3 Å². The fourth-order valence-corrected chi connectivity index (χ4v) is 2.78. The Balaban J connectivity index is 1.55. The van der Waals surface area contributed by atoms with Crippen molar-refractivity contribution < 1.29 is 14.3 Å². The highest BCUT2D eigenvalue weighted by Gasteiger charge is 2.10. The van der Waals surface area contributed by atoms with Crippen molar-refractivity contribution >= 4 is 34.1 Å². The third-order valence-corrected chi connectivity index (χ3v) is 4.11. The zero-order valence-electron chi connectivity index (χ0n) is 12.2. The van der Waals surface area contributed by atoms with E-state index < -0.39 is 5.97 Å². The highest BCUT2D eigenvalue weighted by Crippen LogP contribution is 2.16. The molecule has 0 fully saturated rings. The third kappa shape index (κ3) is 3.73. The lowest BCUT2D eigenvalue weighted by Gasteiger charge is -2.08. The molecular weight excluding hydrogens is 312 g/mol. The number of fused-ring (bicyclic) bond motifs is 1. The number of aromatic nitrogens is 1. The number of carbonyl (C=O) groups excluding carboxylic acids is 2. The Kier molecular flexibility index (Phi) is 4.63. The summed E-state index contributed by atoms with van der Waals surface area (Å²) in [6.07, 6.45) is 1.70. The summed E-state index contributed by atoms with van der Waals surface area (Å²) in [6.45, 7) is -0.0308. The van der Waals surface area contributed by atoms with Crippen LogP contribution < -0.4 is 5.32 Å². The Morgan fingerprint density at radius 1 is 1.13 bits per heavy atom. The lowest BCUT2D eigenvalue weighted by Crippen LogP contribution is -2.30. The Morgan fingerprint density at radius 2 is 2.00 bits per heavy atom. The molecule has 0 aliphatic carbocycles. The van der Waals surface area contributed by atoms with Gasteiger partial charge in [0, 0.05) is 17.1 Å². The van der Waals surface area contributed by atoms with Gasteiger partial charge in [-0.05, 0) is 17.5 Å². The second kappa shape index (κ2) is 7.02. The van der Waals surface area contributed by atoms with E-state index in [0.717, 1.165) is 16.5 Å². The standard InChI is InChI=1S/C17H14N2O3S/c20-15(10-19-17(21)14-7-3-9-23-14)22-11-13-5-1-4-12-6-2-8-18-16(12)13/h1-9H,10-11H2,(H,19,21). The van der Waals surface area contributed by atoms with Gasteiger partial charge in [-0.1, -0.05) is 30.3 Å². The lowest BCUT2D eigenvalue weighted by atomic mass is 10.1. The third-order valence-electron chi connectivity index (χ3n) is 3.24. The van der Waals surface area contributed by atoms with Gasteiger partial charge in [0.1, 0.15) is 13.2 Å². The van der Waals surface area contributed by atoms with Crippen LogP contribution in [0.4, 0.5) is 0 Å². The van der Waals surface area contributed by atoms with Gasteiger partial charge in [-0.15, -0.1) is 11.3 Å². The van der Waals surface area contributed by atoms with Crippen molar-refractivity contribution in [2.45, 2.75) is 6.61 Å². The van der Waals surface area contributed by atoms with Crippen LogP contribution in [0.2, 0.25) is 0 Å². The quantitative estimate of drug-likeness (QED) is 0.732. The monoisotopic (exact) mass is 326 g/mol. The zero-order valence-corrected chi connectivity index (χ0v) is 13.0. The van der Waals surface area contributed by atoms with E-state index in [-0.39, 0.29) is 19.1 Å². The van der Waals surface area contributed by atoms with E-state index in [1.54, 1.807) is 23.7 Å². The molecule has 0 aliphatic heterocycles. The number of amides is 1. The summed E-state index contributed by atoms with van der Waals surface area (Å²) in [5.74, 6) is -0.758. The van der Waals surface area contributed by atoms with E-state index >= 15 is 0 Å². The molecule has 0 saturated heterocycles. The van der Waals surface area contributed by atoms with Gasteiger partial charge in [0.25, 0.3) is 5.91 Å². The lowest BCUT2D eigenvalue weighted by molar-refractivity contribution is -0.143. The van der Waals surface area contributed by atoms with Crippen LogP contribution >= 0.6 is 11.3 Å². The van der Waals surface area contributed by atoms with Crippen LogP contribution in [-0.4, -0.2) is 23.4 Å². The molecule has 0 aliphatic rings. The molecule has 0 saturated carbocycles. The molecule has 0 atom stereocenters. The number of nitrogens with one attached hydrogen (secondary N) is 1. The minimum absolute atomic E-state index is 0.127. The maximum Gasteiger partial charge on any atom is 0.325 e. The van der Waals surface area contributed by atoms with Crippen LogP contribution in [0.3, 0.4) is 0 Å². The van der Waals surface area contributed by atoms with Crippen LogP contribution in [0.5, 0.6) is 0 Å². The first kappa shape index (κ1) is 15.2. The van der Waals surface area contributed by atoms with Crippen LogP contribution in [0, 0.1) is 0 Å². The molecule has 23 heavy (non-hydrogen) atoms. The predicted octanol–water partition coefficient (Wildman–Crippen LogP) is 2.77. The van der Waals surface area contributed by atoms with Gasteiger partial charge in [-0.3, -0.25) is 14.6 Å². The van der Waals surface area contributed by atoms with Crippen molar-refractivity contribution in [1.29, 1.82) is 0 Å². The maximum atomic E-state index is 11.8. The average Bonchev–Trinajstić information content (AvgIpc) is 3.12. The Labute approximate surface area is 136 Å². The number of nitrogens with zero attached hydrogens (tertiary/aromatic N) is 1. The summed E-state index contributed by atoms with van der Waals surface area (Å²) in [4.78, 5) is 28.4. The summed E-state index contributed by atoms with van der Waals surface area (Å²) in [5, 5.41) is 5.34. The maximum absolute atomic E-state index is 11.8. The summed E-state index contributed by atoms with van der Waals surface area (Å²) in [5.41, 5.74) is 1.64. The highest BCUT2D eigenvalue weighted by molar-refractivity contribution is 7.12. The van der Waals surface area contributed by atoms with Crippen LogP contribution in [0.25, 0.3) is 10.9 Å². The van der Waals surface area contributed by atoms with Crippen LogP contribution in [-0.2, 0) is 16.1 Å². The number of hydrogen-bond donors (Lipinski definition) is 1. The fraction of sp³-hybridized carbons (Fsp3) is 0.118. The van der Waals surface area contributed by atoms with Crippen molar-refractivity contribution in [3.63, 3.8) is 0 Å². The van der Waals surface area contributed by atoms with Crippen molar-refractivity contribution in [3.8, 4) is 0 Å². The molecule has 5 nitrogen and oxygen atoms in total. The van der Waals surface area contributed by atoms with Crippen LogP contribution in [0.15, 0.2) is 54.0 Å². The molecule has 0 radical (unpaired) electrons. The highest BCUT2D eigenvalue weighted by atomic mass is 32.1. The van der Waals surface area contributed by atoms with E-state index in [0.29, 0.717) is 4.88 Å². The largest absolute Gasteiger partial charge is 0.459 e. The number of ether oxygens (including phenoxy) is 1. The van der Waals surface area contributed by atoms with Crippen molar-refractivity contribution in [1.82, 2.24) is 10.3 Å². The van der Waals surface area contributed by atoms with E-state index in [9.17, 15) is 9.59 Å². The van der Waals surface area contributed by atoms with Gasteiger partial charge in [0.05, 0.1) is 10.4 Å². The van der Waals surface area contributed by atoms with E-state index in [2.05, 4.69) is 10.3 Å². The van der Waals surface area contributed by atoms with Crippen molar-refractivity contribution in [2.24, 2.45) is 0 Å². The first-order chi connectivity index (χ1) is 11.2. The zero-order chi connectivity index (χ0) is 16.1.